The van der Waals surface area contributed by atoms with E-state index in [1.807, 2.05) is 13.8 Å². The molecule has 0 amide bonds. The highest BCUT2D eigenvalue weighted by atomic mass is 35.5. The molecule has 4 nitrogen and oxygen atoms in total. The van der Waals surface area contributed by atoms with E-state index in [0.29, 0.717) is 5.82 Å². The lowest BCUT2D eigenvalue weighted by Crippen LogP contribution is -2.02. The van der Waals surface area contributed by atoms with Crippen LogP contribution in [-0.2, 0) is 0 Å². The van der Waals surface area contributed by atoms with E-state index in [9.17, 15) is 4.39 Å². The maximum Gasteiger partial charge on any atom is 0.310 e. The molecule has 15 heavy (non-hydrogen) atoms. The minimum atomic E-state index is -0.805. The van der Waals surface area contributed by atoms with E-state index in [2.05, 4.69) is 15.0 Å². The molecule has 0 aliphatic rings. The van der Waals surface area contributed by atoms with Crippen molar-refractivity contribution in [1.29, 1.82) is 0 Å². The molecule has 0 aliphatic carbocycles. The zero-order chi connectivity index (χ0) is 11.0. The summed E-state index contributed by atoms with van der Waals surface area (Å²) in [6.45, 7) is 3.72. The molecule has 0 saturated carbocycles. The van der Waals surface area contributed by atoms with Crippen LogP contribution in [0.15, 0.2) is 12.5 Å². The molecule has 0 bridgehead atoms. The summed E-state index contributed by atoms with van der Waals surface area (Å²) < 4.78 is 14.5. The molecular formula is C9H8ClFN4. The molecule has 2 aromatic rings. The van der Waals surface area contributed by atoms with Gasteiger partial charge in [0.25, 0.3) is 0 Å². The third-order valence-electron chi connectivity index (χ3n) is 2.18. The average Bonchev–Trinajstić information content (AvgIpc) is 2.52. The normalized spacial score (nSPS) is 10.7. The summed E-state index contributed by atoms with van der Waals surface area (Å²) in [7, 11) is 0. The summed E-state index contributed by atoms with van der Waals surface area (Å²) in [6.07, 6.45) is 1.98. The van der Waals surface area contributed by atoms with Crippen LogP contribution in [0.25, 0.3) is 5.82 Å². The lowest BCUT2D eigenvalue weighted by Gasteiger charge is -2.05. The maximum atomic E-state index is 12.9. The Balaban J connectivity index is 2.63. The predicted octanol–water partition coefficient (Wildman–Crippen LogP) is 2.07. The van der Waals surface area contributed by atoms with Crippen LogP contribution in [0.2, 0.25) is 5.02 Å². The Labute approximate surface area is 90.8 Å². The lowest BCUT2D eigenvalue weighted by atomic mass is 10.4. The second kappa shape index (κ2) is 3.58. The van der Waals surface area contributed by atoms with Gasteiger partial charge in [-0.05, 0) is 13.8 Å². The molecule has 0 radical (unpaired) electrons. The molecule has 2 heterocycles. The topological polar surface area (TPSA) is 43.6 Å². The van der Waals surface area contributed by atoms with Crippen molar-refractivity contribution in [3.63, 3.8) is 0 Å². The van der Waals surface area contributed by atoms with Crippen molar-refractivity contribution in [3.05, 3.63) is 35.0 Å². The van der Waals surface area contributed by atoms with Gasteiger partial charge in [0, 0.05) is 5.69 Å². The van der Waals surface area contributed by atoms with Gasteiger partial charge >= 0.3 is 6.08 Å². The minimum Gasteiger partial charge on any atom is -0.286 e. The molecule has 0 saturated heterocycles. The number of aryl methyl sites for hydroxylation is 1. The smallest absolute Gasteiger partial charge is 0.286 e. The number of halogens is 2. The third kappa shape index (κ3) is 1.70. The number of imidazole rings is 1. The third-order valence-corrected chi connectivity index (χ3v) is 2.44. The van der Waals surface area contributed by atoms with Crippen LogP contribution in [0.5, 0.6) is 0 Å². The van der Waals surface area contributed by atoms with Crippen molar-refractivity contribution in [3.8, 4) is 5.82 Å². The monoisotopic (exact) mass is 226 g/mol. The summed E-state index contributed by atoms with van der Waals surface area (Å²) in [5.41, 5.74) is 1.72. The standard InChI is InChI=1S/C9H8ClFN4/c1-5-6(2)15(4-13-5)8-7(10)3-12-9(11)14-8/h3-4H,1-2H3. The molecule has 0 atom stereocenters. The molecule has 0 spiro atoms. The van der Waals surface area contributed by atoms with Gasteiger partial charge in [-0.2, -0.15) is 9.37 Å². The van der Waals surface area contributed by atoms with E-state index in [0.717, 1.165) is 11.4 Å². The minimum absolute atomic E-state index is 0.289. The first-order chi connectivity index (χ1) is 7.09. The van der Waals surface area contributed by atoms with Gasteiger partial charge in [-0.3, -0.25) is 4.57 Å². The van der Waals surface area contributed by atoms with Gasteiger partial charge in [-0.1, -0.05) is 11.6 Å². The Morgan fingerprint density at radius 2 is 2.07 bits per heavy atom. The fraction of sp³-hybridized carbons (Fsp3) is 0.222. The van der Waals surface area contributed by atoms with Gasteiger partial charge < -0.3 is 0 Å². The summed E-state index contributed by atoms with van der Waals surface area (Å²) in [5.74, 6) is 0.308. The van der Waals surface area contributed by atoms with Crippen LogP contribution in [0.1, 0.15) is 11.4 Å². The SMILES string of the molecule is Cc1ncn(-c2nc(F)ncc2Cl)c1C. The van der Waals surface area contributed by atoms with Crippen LogP contribution in [0, 0.1) is 19.9 Å². The maximum absolute atomic E-state index is 12.9. The van der Waals surface area contributed by atoms with Crippen molar-refractivity contribution in [2.75, 3.05) is 0 Å². The Hall–Kier alpha value is -1.49. The summed E-state index contributed by atoms with van der Waals surface area (Å²) >= 11 is 5.87. The molecule has 6 heteroatoms. The van der Waals surface area contributed by atoms with E-state index in [1.54, 1.807) is 10.9 Å². The van der Waals surface area contributed by atoms with Gasteiger partial charge in [0.15, 0.2) is 5.82 Å². The molecule has 0 aromatic carbocycles. The zero-order valence-electron chi connectivity index (χ0n) is 8.20. The Kier molecular flexibility index (Phi) is 2.40. The Bertz CT molecular complexity index is 509. The highest BCUT2D eigenvalue weighted by Crippen LogP contribution is 2.19. The molecule has 78 valence electrons. The highest BCUT2D eigenvalue weighted by molar-refractivity contribution is 6.32. The molecule has 0 fully saturated rings. The Morgan fingerprint density at radius 1 is 1.33 bits per heavy atom. The quantitative estimate of drug-likeness (QED) is 0.700. The van der Waals surface area contributed by atoms with Gasteiger partial charge in [0.1, 0.15) is 11.3 Å². The molecule has 0 unspecified atom stereocenters. The predicted molar refractivity (Wildman–Crippen MR) is 53.6 cm³/mol. The van der Waals surface area contributed by atoms with E-state index < -0.39 is 6.08 Å². The molecule has 0 N–H and O–H groups in total. The second-order valence-corrected chi connectivity index (χ2v) is 3.50. The van der Waals surface area contributed by atoms with Crippen molar-refractivity contribution in [2.45, 2.75) is 13.8 Å². The largest absolute Gasteiger partial charge is 0.310 e. The fourth-order valence-electron chi connectivity index (χ4n) is 1.22. The number of aromatic nitrogens is 4. The first-order valence-corrected chi connectivity index (χ1v) is 4.66. The van der Waals surface area contributed by atoms with E-state index in [-0.39, 0.29) is 5.02 Å². The van der Waals surface area contributed by atoms with Gasteiger partial charge in [-0.25, -0.2) is 9.97 Å². The zero-order valence-corrected chi connectivity index (χ0v) is 8.96. The van der Waals surface area contributed by atoms with Crippen LogP contribution in [0.3, 0.4) is 0 Å². The van der Waals surface area contributed by atoms with Crippen LogP contribution in [-0.4, -0.2) is 19.5 Å². The average molecular weight is 227 g/mol. The van der Waals surface area contributed by atoms with Crippen molar-refractivity contribution in [2.24, 2.45) is 0 Å². The van der Waals surface area contributed by atoms with E-state index >= 15 is 0 Å². The molecule has 2 rings (SSSR count). The summed E-state index contributed by atoms with van der Waals surface area (Å²) in [4.78, 5) is 11.1. The van der Waals surface area contributed by atoms with Gasteiger partial charge in [0.05, 0.1) is 11.9 Å². The van der Waals surface area contributed by atoms with Crippen molar-refractivity contribution >= 4 is 11.6 Å². The summed E-state index contributed by atoms with van der Waals surface area (Å²) in [5, 5.41) is 0.289. The first-order valence-electron chi connectivity index (χ1n) is 4.28. The number of nitrogens with zero attached hydrogens (tertiary/aromatic N) is 4. The van der Waals surface area contributed by atoms with Crippen molar-refractivity contribution < 1.29 is 4.39 Å². The van der Waals surface area contributed by atoms with Crippen LogP contribution >= 0.6 is 11.6 Å². The second-order valence-electron chi connectivity index (χ2n) is 3.10. The van der Waals surface area contributed by atoms with Gasteiger partial charge in [0.2, 0.25) is 0 Å². The molecule has 0 aliphatic heterocycles. The lowest BCUT2D eigenvalue weighted by molar-refractivity contribution is 0.535. The van der Waals surface area contributed by atoms with Crippen molar-refractivity contribution in [1.82, 2.24) is 19.5 Å². The highest BCUT2D eigenvalue weighted by Gasteiger charge is 2.10. The number of hydrogen-bond donors (Lipinski definition) is 0. The number of hydrogen-bond acceptors (Lipinski definition) is 3. The summed E-state index contributed by atoms with van der Waals surface area (Å²) in [6, 6.07) is 0. The van der Waals surface area contributed by atoms with E-state index in [1.165, 1.54) is 6.20 Å². The van der Waals surface area contributed by atoms with Gasteiger partial charge in [-0.15, -0.1) is 0 Å². The van der Waals surface area contributed by atoms with Crippen LogP contribution in [0.4, 0.5) is 4.39 Å². The van der Waals surface area contributed by atoms with Crippen LogP contribution < -0.4 is 0 Å². The molecular weight excluding hydrogens is 219 g/mol. The fourth-order valence-corrected chi connectivity index (χ4v) is 1.40. The Morgan fingerprint density at radius 3 is 2.67 bits per heavy atom. The van der Waals surface area contributed by atoms with E-state index in [4.69, 9.17) is 11.6 Å². The number of rotatable bonds is 1. The molecule has 2 aromatic heterocycles. The first kappa shape index (κ1) is 10.0.